The normalized spacial score (nSPS) is 16.8. The van der Waals surface area contributed by atoms with E-state index in [1.54, 1.807) is 0 Å². The minimum Gasteiger partial charge on any atom is -0.455 e. The van der Waals surface area contributed by atoms with Crippen molar-refractivity contribution in [1.82, 2.24) is 0 Å². The number of furan rings is 1. The zero-order chi connectivity index (χ0) is 21.9. The SMILES string of the molecule is [2H]C1(c2ccc(-c3c(C)c4ccccc4c4c3oc3ccccc34)[n+](C)c2)CCCCC1. The molecule has 0 unspecified atom stereocenters. The van der Waals surface area contributed by atoms with Crippen LogP contribution < -0.4 is 4.57 Å². The Morgan fingerprint density at radius 1 is 0.871 bits per heavy atom. The molecule has 0 spiro atoms. The van der Waals surface area contributed by atoms with E-state index in [0.717, 1.165) is 59.1 Å². The number of para-hydroxylation sites is 1. The summed E-state index contributed by atoms with van der Waals surface area (Å²) in [5.74, 6) is -0.457. The van der Waals surface area contributed by atoms with Gasteiger partial charge in [0.1, 0.15) is 18.2 Å². The Morgan fingerprint density at radius 2 is 1.58 bits per heavy atom. The van der Waals surface area contributed by atoms with Crippen molar-refractivity contribution < 1.29 is 10.4 Å². The Bertz CT molecular complexity index is 1490. The van der Waals surface area contributed by atoms with Crippen molar-refractivity contribution in [2.75, 3.05) is 0 Å². The van der Waals surface area contributed by atoms with E-state index in [1.807, 2.05) is 6.07 Å². The van der Waals surface area contributed by atoms with Gasteiger partial charge in [0.2, 0.25) is 5.69 Å². The molecule has 2 nitrogen and oxygen atoms in total. The van der Waals surface area contributed by atoms with Gasteiger partial charge >= 0.3 is 0 Å². The highest BCUT2D eigenvalue weighted by Gasteiger charge is 2.25. The van der Waals surface area contributed by atoms with Gasteiger partial charge in [0.15, 0.2) is 6.20 Å². The molecule has 0 saturated heterocycles. The monoisotopic (exact) mass is 407 g/mol. The smallest absolute Gasteiger partial charge is 0.216 e. The summed E-state index contributed by atoms with van der Waals surface area (Å²) in [4.78, 5) is 0. The molecule has 1 aliphatic rings. The van der Waals surface area contributed by atoms with Crippen molar-refractivity contribution in [2.45, 2.75) is 44.9 Å². The summed E-state index contributed by atoms with van der Waals surface area (Å²) in [7, 11) is 2.11. The highest BCUT2D eigenvalue weighted by molar-refractivity contribution is 6.23. The molecule has 3 aromatic carbocycles. The van der Waals surface area contributed by atoms with Crippen LogP contribution in [0.15, 0.2) is 71.3 Å². The number of fused-ring (bicyclic) bond motifs is 5. The Labute approximate surface area is 184 Å². The van der Waals surface area contributed by atoms with E-state index in [-0.39, 0.29) is 0 Å². The number of hydrogen-bond acceptors (Lipinski definition) is 1. The van der Waals surface area contributed by atoms with Crippen LogP contribution >= 0.6 is 0 Å². The highest BCUT2D eigenvalue weighted by atomic mass is 16.3. The van der Waals surface area contributed by atoms with E-state index in [0.29, 0.717) is 0 Å². The van der Waals surface area contributed by atoms with Crippen LogP contribution in [0.25, 0.3) is 44.0 Å². The third-order valence-electron chi connectivity index (χ3n) is 7.05. The minimum atomic E-state index is -0.457. The van der Waals surface area contributed by atoms with Crippen LogP contribution in [-0.2, 0) is 7.05 Å². The molecule has 31 heavy (non-hydrogen) atoms. The summed E-state index contributed by atoms with van der Waals surface area (Å²) in [5.41, 5.74) is 6.50. The van der Waals surface area contributed by atoms with Crippen molar-refractivity contribution in [3.05, 3.63) is 78.0 Å². The lowest BCUT2D eigenvalue weighted by Crippen LogP contribution is -2.32. The van der Waals surface area contributed by atoms with Crippen LogP contribution in [0, 0.1) is 6.92 Å². The van der Waals surface area contributed by atoms with Crippen molar-refractivity contribution >= 4 is 32.7 Å². The van der Waals surface area contributed by atoms with E-state index in [2.05, 4.69) is 79.3 Å². The first-order valence-electron chi connectivity index (χ1n) is 11.9. The zero-order valence-corrected chi connectivity index (χ0v) is 18.2. The Kier molecular flexibility index (Phi) is 4.09. The fraction of sp³-hybridized carbons (Fsp3) is 0.276. The van der Waals surface area contributed by atoms with Gasteiger partial charge in [-0.25, -0.2) is 4.57 Å². The van der Waals surface area contributed by atoms with Gasteiger partial charge in [0.25, 0.3) is 0 Å². The van der Waals surface area contributed by atoms with Gasteiger partial charge in [-0.3, -0.25) is 0 Å². The number of hydrogen-bond donors (Lipinski definition) is 0. The summed E-state index contributed by atoms with van der Waals surface area (Å²) in [6, 6.07) is 21.3. The standard InChI is InChI=1S/C29H28NO/c1-19-22-12-6-7-13-23(22)28-24-14-8-9-15-26(24)31-29(28)27(19)25-17-16-21(18-30(25)2)20-10-4-3-5-11-20/h6-9,12-18,20H,3-5,10-11H2,1-2H3/q+1/i20D. The van der Waals surface area contributed by atoms with Crippen LogP contribution in [0.5, 0.6) is 0 Å². The van der Waals surface area contributed by atoms with Crippen molar-refractivity contribution in [1.29, 1.82) is 0 Å². The predicted molar refractivity (Wildman–Crippen MR) is 128 cm³/mol. The molecular weight excluding hydrogens is 378 g/mol. The molecule has 2 heteroatoms. The molecule has 0 radical (unpaired) electrons. The van der Waals surface area contributed by atoms with Crippen molar-refractivity contribution in [2.24, 2.45) is 7.05 Å². The maximum Gasteiger partial charge on any atom is 0.216 e. The summed E-state index contributed by atoms with van der Waals surface area (Å²) in [6.07, 6.45) is 7.64. The average Bonchev–Trinajstić information content (AvgIpc) is 3.20. The highest BCUT2D eigenvalue weighted by Crippen LogP contribution is 2.43. The second-order valence-electron chi connectivity index (χ2n) is 8.93. The molecular formula is C29H28NO+. The average molecular weight is 408 g/mol. The fourth-order valence-electron chi connectivity index (χ4n) is 5.47. The lowest BCUT2D eigenvalue weighted by Gasteiger charge is -2.21. The fourth-order valence-corrected chi connectivity index (χ4v) is 5.47. The first kappa shape index (κ1) is 17.5. The van der Waals surface area contributed by atoms with Crippen LogP contribution in [-0.4, -0.2) is 0 Å². The van der Waals surface area contributed by atoms with Gasteiger partial charge in [-0.2, -0.15) is 0 Å². The Hall–Kier alpha value is -3.13. The second-order valence-corrected chi connectivity index (χ2v) is 8.93. The molecule has 6 rings (SSSR count). The van der Waals surface area contributed by atoms with Gasteiger partial charge < -0.3 is 4.42 Å². The zero-order valence-electron chi connectivity index (χ0n) is 19.2. The third kappa shape index (κ3) is 2.89. The molecule has 0 amide bonds. The molecule has 0 bridgehead atoms. The summed E-state index contributed by atoms with van der Waals surface area (Å²) in [5, 5.41) is 4.84. The Morgan fingerprint density at radius 3 is 2.35 bits per heavy atom. The van der Waals surface area contributed by atoms with Gasteiger partial charge in [0, 0.05) is 23.8 Å². The summed E-state index contributed by atoms with van der Waals surface area (Å²) in [6.45, 7) is 2.20. The largest absolute Gasteiger partial charge is 0.455 e. The molecule has 0 N–H and O–H groups in total. The van der Waals surface area contributed by atoms with E-state index < -0.39 is 5.89 Å². The number of benzene rings is 3. The van der Waals surface area contributed by atoms with Crippen molar-refractivity contribution in [3.8, 4) is 11.3 Å². The number of pyridine rings is 1. The minimum absolute atomic E-state index is 0.457. The van der Waals surface area contributed by atoms with Gasteiger partial charge in [-0.05, 0) is 54.1 Å². The van der Waals surface area contributed by atoms with Crippen molar-refractivity contribution in [3.63, 3.8) is 0 Å². The molecule has 0 atom stereocenters. The number of aromatic nitrogens is 1. The quantitative estimate of drug-likeness (QED) is 0.276. The first-order valence-corrected chi connectivity index (χ1v) is 11.4. The number of nitrogens with zero attached hydrogens (tertiary/aromatic N) is 1. The topological polar surface area (TPSA) is 17.0 Å². The van der Waals surface area contributed by atoms with Gasteiger partial charge in [-0.15, -0.1) is 0 Å². The summed E-state index contributed by atoms with van der Waals surface area (Å²) < 4.78 is 17.8. The van der Waals surface area contributed by atoms with Crippen LogP contribution in [0.2, 0.25) is 0 Å². The lowest BCUT2D eigenvalue weighted by molar-refractivity contribution is -0.660. The molecule has 1 fully saturated rings. The predicted octanol–water partition coefficient (Wildman–Crippen LogP) is 7.59. The molecule has 5 aromatic rings. The van der Waals surface area contributed by atoms with Crippen LogP contribution in [0.3, 0.4) is 0 Å². The van der Waals surface area contributed by atoms with Crippen LogP contribution in [0.1, 0.15) is 50.5 Å². The molecule has 154 valence electrons. The summed E-state index contributed by atoms with van der Waals surface area (Å²) >= 11 is 0. The van der Waals surface area contributed by atoms with Gasteiger partial charge in [-0.1, -0.05) is 61.7 Å². The molecule has 1 aliphatic carbocycles. The maximum absolute atomic E-state index is 9.06. The Balaban J connectivity index is 1.65. The van der Waals surface area contributed by atoms with E-state index in [1.165, 1.54) is 28.1 Å². The maximum atomic E-state index is 9.06. The molecule has 2 aromatic heterocycles. The number of rotatable bonds is 2. The second kappa shape index (κ2) is 7.23. The first-order chi connectivity index (χ1) is 15.6. The van der Waals surface area contributed by atoms with E-state index in [9.17, 15) is 0 Å². The number of aryl methyl sites for hydroxylation is 2. The third-order valence-corrected chi connectivity index (χ3v) is 7.05. The van der Waals surface area contributed by atoms with Crippen LogP contribution in [0.4, 0.5) is 0 Å². The molecule has 0 aliphatic heterocycles. The van der Waals surface area contributed by atoms with Gasteiger partial charge in [0.05, 0.1) is 5.56 Å². The molecule has 1 saturated carbocycles. The lowest BCUT2D eigenvalue weighted by atomic mass is 9.84. The van der Waals surface area contributed by atoms with E-state index >= 15 is 0 Å². The molecule has 2 heterocycles. The van der Waals surface area contributed by atoms with E-state index in [4.69, 9.17) is 5.79 Å².